The molecule has 1 aliphatic heterocycles. The second kappa shape index (κ2) is 4.76. The summed E-state index contributed by atoms with van der Waals surface area (Å²) >= 11 is 3.24. The van der Waals surface area contributed by atoms with E-state index in [0.29, 0.717) is 32.8 Å². The highest BCUT2D eigenvalue weighted by molar-refractivity contribution is 9.10. The molecule has 1 aliphatic rings. The van der Waals surface area contributed by atoms with Crippen LogP contribution in [0.15, 0.2) is 16.9 Å². The number of nitrogens with zero attached hydrogens (tertiary/aromatic N) is 3. The molecule has 82 valence electrons. The smallest absolute Gasteiger partial charge is 0.244 e. The topological polar surface area (TPSA) is 47.4 Å². The van der Waals surface area contributed by atoms with E-state index in [-0.39, 0.29) is 5.91 Å². The van der Waals surface area contributed by atoms with Gasteiger partial charge in [0, 0.05) is 19.3 Å². The standard InChI is InChI=1S/C9H12BrN3O2/c10-8-1-2-13(11-8)7-9(14)12-3-5-15-6-4-12/h1-2H,3-7H2. The Labute approximate surface area is 96.1 Å². The number of rotatable bonds is 2. The molecule has 1 saturated heterocycles. The van der Waals surface area contributed by atoms with E-state index in [4.69, 9.17) is 4.74 Å². The Kier molecular flexibility index (Phi) is 3.37. The number of carbonyl (C=O) groups excluding carboxylic acids is 1. The molecular formula is C9H12BrN3O2. The quantitative estimate of drug-likeness (QED) is 0.789. The number of hydrogen-bond donors (Lipinski definition) is 0. The third-order valence-corrected chi connectivity index (χ3v) is 2.69. The fraction of sp³-hybridized carbons (Fsp3) is 0.556. The molecule has 15 heavy (non-hydrogen) atoms. The molecule has 1 fully saturated rings. The van der Waals surface area contributed by atoms with Crippen LogP contribution in [0.4, 0.5) is 0 Å². The van der Waals surface area contributed by atoms with Crippen LogP contribution in [0.2, 0.25) is 0 Å². The first-order valence-corrected chi connectivity index (χ1v) is 5.59. The lowest BCUT2D eigenvalue weighted by atomic mass is 10.4. The van der Waals surface area contributed by atoms with Gasteiger partial charge in [-0.05, 0) is 22.0 Å². The second-order valence-corrected chi connectivity index (χ2v) is 4.14. The Morgan fingerprint density at radius 3 is 2.87 bits per heavy atom. The predicted octanol–water partition coefficient (Wildman–Crippen LogP) is 0.504. The normalized spacial score (nSPS) is 16.7. The maximum atomic E-state index is 11.8. The van der Waals surface area contributed by atoms with Crippen molar-refractivity contribution in [1.82, 2.24) is 14.7 Å². The molecule has 1 aromatic heterocycles. The first kappa shape index (κ1) is 10.6. The molecule has 0 unspecified atom stereocenters. The molecule has 0 radical (unpaired) electrons. The molecule has 0 saturated carbocycles. The van der Waals surface area contributed by atoms with Gasteiger partial charge in [-0.3, -0.25) is 9.48 Å². The molecule has 2 rings (SSSR count). The van der Waals surface area contributed by atoms with Crippen molar-refractivity contribution in [2.75, 3.05) is 26.3 Å². The van der Waals surface area contributed by atoms with Gasteiger partial charge in [-0.25, -0.2) is 0 Å². The molecule has 1 amide bonds. The zero-order valence-electron chi connectivity index (χ0n) is 8.23. The molecule has 2 heterocycles. The van der Waals surface area contributed by atoms with Crippen LogP contribution in [0, 0.1) is 0 Å². The summed E-state index contributed by atoms with van der Waals surface area (Å²) < 4.78 is 7.55. The Bertz CT molecular complexity index is 347. The highest BCUT2D eigenvalue weighted by Crippen LogP contribution is 2.05. The fourth-order valence-electron chi connectivity index (χ4n) is 1.48. The van der Waals surface area contributed by atoms with E-state index in [9.17, 15) is 4.79 Å². The predicted molar refractivity (Wildman–Crippen MR) is 57.3 cm³/mol. The molecule has 1 aromatic rings. The number of hydrogen-bond acceptors (Lipinski definition) is 3. The van der Waals surface area contributed by atoms with Crippen molar-refractivity contribution in [3.05, 3.63) is 16.9 Å². The van der Waals surface area contributed by atoms with Gasteiger partial charge in [-0.1, -0.05) is 0 Å². The Morgan fingerprint density at radius 2 is 2.27 bits per heavy atom. The average Bonchev–Trinajstić information content (AvgIpc) is 2.65. The Hall–Kier alpha value is -0.880. The monoisotopic (exact) mass is 273 g/mol. The molecule has 0 atom stereocenters. The Morgan fingerprint density at radius 1 is 1.53 bits per heavy atom. The first-order chi connectivity index (χ1) is 7.25. The summed E-state index contributed by atoms with van der Waals surface area (Å²) in [6, 6.07) is 1.81. The number of ether oxygens (including phenoxy) is 1. The van der Waals surface area contributed by atoms with Crippen molar-refractivity contribution < 1.29 is 9.53 Å². The fourth-order valence-corrected chi connectivity index (χ4v) is 1.80. The van der Waals surface area contributed by atoms with E-state index >= 15 is 0 Å². The molecule has 6 heteroatoms. The zero-order valence-corrected chi connectivity index (χ0v) is 9.81. The van der Waals surface area contributed by atoms with Gasteiger partial charge in [-0.15, -0.1) is 0 Å². The van der Waals surface area contributed by atoms with E-state index in [1.165, 1.54) is 0 Å². The van der Waals surface area contributed by atoms with E-state index in [1.807, 2.05) is 6.07 Å². The first-order valence-electron chi connectivity index (χ1n) is 4.80. The second-order valence-electron chi connectivity index (χ2n) is 3.33. The van der Waals surface area contributed by atoms with Crippen LogP contribution in [0.3, 0.4) is 0 Å². The largest absolute Gasteiger partial charge is 0.378 e. The van der Waals surface area contributed by atoms with Crippen LogP contribution in [0.25, 0.3) is 0 Å². The third kappa shape index (κ3) is 2.79. The minimum Gasteiger partial charge on any atom is -0.378 e. The summed E-state index contributed by atoms with van der Waals surface area (Å²) in [5.41, 5.74) is 0. The van der Waals surface area contributed by atoms with Gasteiger partial charge in [0.05, 0.1) is 13.2 Å². The van der Waals surface area contributed by atoms with Crippen LogP contribution >= 0.6 is 15.9 Å². The van der Waals surface area contributed by atoms with Gasteiger partial charge in [0.15, 0.2) is 0 Å². The summed E-state index contributed by atoms with van der Waals surface area (Å²) in [6.07, 6.45) is 1.78. The lowest BCUT2D eigenvalue weighted by Crippen LogP contribution is -2.42. The minimum atomic E-state index is 0.0916. The van der Waals surface area contributed by atoms with Gasteiger partial charge in [0.25, 0.3) is 0 Å². The molecule has 0 bridgehead atoms. The van der Waals surface area contributed by atoms with Crippen LogP contribution in [-0.4, -0.2) is 46.9 Å². The molecule has 0 N–H and O–H groups in total. The van der Waals surface area contributed by atoms with E-state index < -0.39 is 0 Å². The van der Waals surface area contributed by atoms with Gasteiger partial charge in [0.2, 0.25) is 5.91 Å². The number of morpholine rings is 1. The van der Waals surface area contributed by atoms with Gasteiger partial charge in [0.1, 0.15) is 11.1 Å². The maximum absolute atomic E-state index is 11.8. The number of carbonyl (C=O) groups is 1. The minimum absolute atomic E-state index is 0.0916. The molecule has 0 aromatic carbocycles. The number of halogens is 1. The summed E-state index contributed by atoms with van der Waals surface area (Å²) in [4.78, 5) is 13.6. The van der Waals surface area contributed by atoms with Crippen LogP contribution in [0.1, 0.15) is 0 Å². The van der Waals surface area contributed by atoms with Crippen molar-refractivity contribution in [3.8, 4) is 0 Å². The zero-order chi connectivity index (χ0) is 10.7. The van der Waals surface area contributed by atoms with E-state index in [0.717, 1.165) is 4.60 Å². The highest BCUT2D eigenvalue weighted by Gasteiger charge is 2.17. The molecule has 0 spiro atoms. The van der Waals surface area contributed by atoms with E-state index in [2.05, 4.69) is 21.0 Å². The van der Waals surface area contributed by atoms with Crippen molar-refractivity contribution in [2.24, 2.45) is 0 Å². The SMILES string of the molecule is O=C(Cn1ccc(Br)n1)N1CCOCC1. The van der Waals surface area contributed by atoms with Crippen molar-refractivity contribution >= 4 is 21.8 Å². The average molecular weight is 274 g/mol. The molecular weight excluding hydrogens is 262 g/mol. The maximum Gasteiger partial charge on any atom is 0.244 e. The lowest BCUT2D eigenvalue weighted by molar-refractivity contribution is -0.136. The van der Waals surface area contributed by atoms with Crippen LogP contribution < -0.4 is 0 Å². The van der Waals surface area contributed by atoms with Gasteiger partial charge in [-0.2, -0.15) is 5.10 Å². The molecule has 0 aliphatic carbocycles. The summed E-state index contributed by atoms with van der Waals surface area (Å²) in [6.45, 7) is 2.93. The number of amides is 1. The van der Waals surface area contributed by atoms with Gasteiger partial charge < -0.3 is 9.64 Å². The summed E-state index contributed by atoms with van der Waals surface area (Å²) in [5.74, 6) is 0.0916. The van der Waals surface area contributed by atoms with Crippen LogP contribution in [-0.2, 0) is 16.1 Å². The van der Waals surface area contributed by atoms with Crippen molar-refractivity contribution in [2.45, 2.75) is 6.54 Å². The lowest BCUT2D eigenvalue weighted by Gasteiger charge is -2.26. The highest BCUT2D eigenvalue weighted by atomic mass is 79.9. The van der Waals surface area contributed by atoms with Gasteiger partial charge >= 0.3 is 0 Å². The summed E-state index contributed by atoms with van der Waals surface area (Å²) in [5, 5.41) is 4.10. The Balaban J connectivity index is 1.91. The van der Waals surface area contributed by atoms with Crippen LogP contribution in [0.5, 0.6) is 0 Å². The molecule has 5 nitrogen and oxygen atoms in total. The summed E-state index contributed by atoms with van der Waals surface area (Å²) in [7, 11) is 0. The van der Waals surface area contributed by atoms with Crippen molar-refractivity contribution in [3.63, 3.8) is 0 Å². The van der Waals surface area contributed by atoms with Crippen molar-refractivity contribution in [1.29, 1.82) is 0 Å². The van der Waals surface area contributed by atoms with E-state index in [1.54, 1.807) is 15.8 Å². The number of aromatic nitrogens is 2. The third-order valence-electron chi connectivity index (χ3n) is 2.27.